The maximum absolute atomic E-state index is 13.8. The van der Waals surface area contributed by atoms with E-state index in [2.05, 4.69) is 0 Å². The van der Waals surface area contributed by atoms with Crippen LogP contribution in [0.25, 0.3) is 0 Å². The summed E-state index contributed by atoms with van der Waals surface area (Å²) in [6.45, 7) is 3.29. The van der Waals surface area contributed by atoms with Crippen LogP contribution in [0.1, 0.15) is 30.9 Å². The van der Waals surface area contributed by atoms with Crippen molar-refractivity contribution in [2.45, 2.75) is 44.5 Å². The van der Waals surface area contributed by atoms with Gasteiger partial charge in [0.2, 0.25) is 5.41 Å². The number of aryl methyl sites for hydroxylation is 1. The predicted molar refractivity (Wildman–Crippen MR) is 76.0 cm³/mol. The molecule has 2 rings (SSSR count). The second-order valence-electron chi connectivity index (χ2n) is 5.82. The van der Waals surface area contributed by atoms with Crippen LogP contribution in [0.2, 0.25) is 0 Å². The summed E-state index contributed by atoms with van der Waals surface area (Å²) in [5, 5.41) is 0. The Morgan fingerprint density at radius 3 is 1.65 bits per heavy atom. The Morgan fingerprint density at radius 1 is 0.739 bits per heavy atom. The molecule has 0 amide bonds. The number of hydrogen-bond donors (Lipinski definition) is 0. The minimum Gasteiger partial charge on any atom is -0.169 e. The quantitative estimate of drug-likeness (QED) is 0.580. The number of alkyl halides is 6. The maximum Gasteiger partial charge on any atom is 0.410 e. The zero-order valence-electron chi connectivity index (χ0n) is 12.6. The summed E-state index contributed by atoms with van der Waals surface area (Å²) in [5.41, 5.74) is -4.06. The first-order valence-electron chi connectivity index (χ1n) is 7.07. The molecule has 0 saturated carbocycles. The SMILES string of the molecule is CC1=CC=C(C(c2ccc(C)cc2)(C(F)(F)F)C(F)(F)F)CC1. The largest absolute Gasteiger partial charge is 0.410 e. The summed E-state index contributed by atoms with van der Waals surface area (Å²) in [4.78, 5) is 0. The van der Waals surface area contributed by atoms with Gasteiger partial charge in [-0.15, -0.1) is 0 Å². The van der Waals surface area contributed by atoms with Gasteiger partial charge in [-0.05, 0) is 37.8 Å². The van der Waals surface area contributed by atoms with Crippen molar-refractivity contribution in [1.82, 2.24) is 0 Å². The highest BCUT2D eigenvalue weighted by Crippen LogP contribution is 2.57. The fourth-order valence-electron chi connectivity index (χ4n) is 2.89. The first kappa shape index (κ1) is 17.6. The Balaban J connectivity index is 2.79. The van der Waals surface area contributed by atoms with Crippen LogP contribution in [0.5, 0.6) is 0 Å². The van der Waals surface area contributed by atoms with Gasteiger partial charge in [0.05, 0.1) is 0 Å². The monoisotopic (exact) mass is 334 g/mol. The predicted octanol–water partition coefficient (Wildman–Crippen LogP) is 6.02. The van der Waals surface area contributed by atoms with Crippen LogP contribution < -0.4 is 0 Å². The van der Waals surface area contributed by atoms with Crippen molar-refractivity contribution < 1.29 is 26.3 Å². The highest BCUT2D eigenvalue weighted by molar-refractivity contribution is 5.45. The molecule has 0 aromatic heterocycles. The van der Waals surface area contributed by atoms with E-state index in [1.165, 1.54) is 18.2 Å². The smallest absolute Gasteiger partial charge is 0.169 e. The van der Waals surface area contributed by atoms with Gasteiger partial charge in [0, 0.05) is 0 Å². The van der Waals surface area contributed by atoms with E-state index in [1.807, 2.05) is 0 Å². The second-order valence-corrected chi connectivity index (χ2v) is 5.82. The molecular weight excluding hydrogens is 318 g/mol. The summed E-state index contributed by atoms with van der Waals surface area (Å²) >= 11 is 0. The van der Waals surface area contributed by atoms with Crippen LogP contribution in [0, 0.1) is 6.92 Å². The lowest BCUT2D eigenvalue weighted by Gasteiger charge is -2.40. The Labute approximate surface area is 130 Å². The normalized spacial score (nSPS) is 16.9. The Morgan fingerprint density at radius 2 is 1.26 bits per heavy atom. The number of halogens is 6. The third kappa shape index (κ3) is 2.91. The lowest BCUT2D eigenvalue weighted by molar-refractivity contribution is -0.290. The van der Waals surface area contributed by atoms with Gasteiger partial charge < -0.3 is 0 Å². The standard InChI is InChI=1S/C17H16F6/c1-11-3-7-13(8-4-11)15(16(18,19)20,17(21,22)23)14-9-5-12(2)6-10-14/h3-5,7-9H,6,10H2,1-2H3. The highest BCUT2D eigenvalue weighted by Gasteiger charge is 2.73. The zero-order valence-corrected chi connectivity index (χ0v) is 12.6. The fourth-order valence-corrected chi connectivity index (χ4v) is 2.89. The van der Waals surface area contributed by atoms with Crippen molar-refractivity contribution in [3.05, 3.63) is 58.7 Å². The summed E-state index contributed by atoms with van der Waals surface area (Å²) < 4.78 is 82.5. The first-order chi connectivity index (χ1) is 10.5. The molecule has 0 bridgehead atoms. The van der Waals surface area contributed by atoms with E-state index in [9.17, 15) is 26.3 Å². The van der Waals surface area contributed by atoms with Crippen molar-refractivity contribution in [2.24, 2.45) is 0 Å². The molecule has 0 fully saturated rings. The van der Waals surface area contributed by atoms with Crippen molar-refractivity contribution in [3.8, 4) is 0 Å². The average molecular weight is 334 g/mol. The molecule has 0 nitrogen and oxygen atoms in total. The van der Waals surface area contributed by atoms with Crippen LogP contribution in [0.4, 0.5) is 26.3 Å². The van der Waals surface area contributed by atoms with E-state index < -0.39 is 28.9 Å². The molecule has 1 aromatic carbocycles. The Kier molecular flexibility index (Phi) is 4.39. The minimum absolute atomic E-state index is 0.186. The molecule has 0 unspecified atom stereocenters. The van der Waals surface area contributed by atoms with E-state index in [0.717, 1.165) is 23.8 Å². The molecule has 0 saturated heterocycles. The first-order valence-corrected chi connectivity index (χ1v) is 7.07. The molecule has 0 N–H and O–H groups in total. The van der Waals surface area contributed by atoms with Gasteiger partial charge in [-0.25, -0.2) is 0 Å². The van der Waals surface area contributed by atoms with Crippen LogP contribution in [0.15, 0.2) is 47.6 Å². The fraction of sp³-hybridized carbons (Fsp3) is 0.412. The van der Waals surface area contributed by atoms with Crippen molar-refractivity contribution in [1.29, 1.82) is 0 Å². The van der Waals surface area contributed by atoms with E-state index >= 15 is 0 Å². The molecule has 1 aromatic rings. The van der Waals surface area contributed by atoms with E-state index in [-0.39, 0.29) is 12.8 Å². The van der Waals surface area contributed by atoms with Crippen molar-refractivity contribution in [2.75, 3.05) is 0 Å². The highest BCUT2D eigenvalue weighted by atomic mass is 19.4. The Hall–Kier alpha value is -1.72. The second kappa shape index (κ2) is 5.73. The van der Waals surface area contributed by atoms with Crippen molar-refractivity contribution >= 4 is 0 Å². The minimum atomic E-state index is -5.48. The molecule has 0 spiro atoms. The van der Waals surface area contributed by atoms with Gasteiger partial charge >= 0.3 is 12.4 Å². The van der Waals surface area contributed by atoms with Gasteiger partial charge in [-0.1, -0.05) is 47.6 Å². The number of allylic oxidation sites excluding steroid dienone is 4. The topological polar surface area (TPSA) is 0 Å². The maximum atomic E-state index is 13.8. The van der Waals surface area contributed by atoms with Crippen molar-refractivity contribution in [3.63, 3.8) is 0 Å². The van der Waals surface area contributed by atoms with E-state index in [4.69, 9.17) is 0 Å². The summed E-state index contributed by atoms with van der Waals surface area (Å²) in [6, 6.07) is 4.38. The molecule has 0 atom stereocenters. The van der Waals surface area contributed by atoms with Gasteiger partial charge in [-0.2, -0.15) is 26.3 Å². The van der Waals surface area contributed by atoms with Crippen LogP contribution in [-0.2, 0) is 5.41 Å². The third-order valence-electron chi connectivity index (χ3n) is 4.17. The molecule has 0 radical (unpaired) electrons. The lowest BCUT2D eigenvalue weighted by Crippen LogP contribution is -2.55. The summed E-state index contributed by atoms with van der Waals surface area (Å²) in [7, 11) is 0. The summed E-state index contributed by atoms with van der Waals surface area (Å²) in [6.07, 6.45) is -8.74. The van der Waals surface area contributed by atoms with Gasteiger partial charge in [0.15, 0.2) is 0 Å². The van der Waals surface area contributed by atoms with Gasteiger partial charge in [0.25, 0.3) is 0 Å². The zero-order chi connectivity index (χ0) is 17.5. The summed E-state index contributed by atoms with van der Waals surface area (Å²) in [5.74, 6) is 0. The molecule has 1 aliphatic rings. The van der Waals surface area contributed by atoms with Gasteiger partial charge in [-0.3, -0.25) is 0 Å². The lowest BCUT2D eigenvalue weighted by atomic mass is 9.69. The molecule has 126 valence electrons. The van der Waals surface area contributed by atoms with E-state index in [1.54, 1.807) is 13.8 Å². The molecule has 23 heavy (non-hydrogen) atoms. The molecule has 0 aliphatic heterocycles. The molecular formula is C17H16F6. The molecule has 1 aliphatic carbocycles. The number of rotatable bonds is 2. The average Bonchev–Trinajstić information content (AvgIpc) is 2.40. The van der Waals surface area contributed by atoms with E-state index in [0.29, 0.717) is 5.56 Å². The van der Waals surface area contributed by atoms with Crippen LogP contribution in [-0.4, -0.2) is 12.4 Å². The molecule has 0 heterocycles. The third-order valence-corrected chi connectivity index (χ3v) is 4.17. The Bertz CT molecular complexity index is 615. The van der Waals surface area contributed by atoms with Crippen LogP contribution >= 0.6 is 0 Å². The number of hydrogen-bond acceptors (Lipinski definition) is 0. The number of benzene rings is 1. The molecule has 6 heteroatoms. The van der Waals surface area contributed by atoms with Crippen LogP contribution in [0.3, 0.4) is 0 Å². The van der Waals surface area contributed by atoms with Gasteiger partial charge in [0.1, 0.15) is 0 Å².